The molecule has 2 aromatic rings. The molecule has 5 heteroatoms. The van der Waals surface area contributed by atoms with E-state index in [4.69, 9.17) is 10.5 Å². The molecule has 1 aromatic carbocycles. The second kappa shape index (κ2) is 4.87. The van der Waals surface area contributed by atoms with Gasteiger partial charge in [-0.05, 0) is 25.3 Å². The van der Waals surface area contributed by atoms with E-state index in [0.29, 0.717) is 12.0 Å². The number of rotatable bonds is 4. The average molecular weight is 251 g/mol. The van der Waals surface area contributed by atoms with Crippen LogP contribution in [0.5, 0.6) is 5.75 Å². The van der Waals surface area contributed by atoms with E-state index in [1.54, 1.807) is 18.9 Å². The Balaban J connectivity index is 2.59. The average Bonchev–Trinajstić information content (AvgIpc) is 2.65. The van der Waals surface area contributed by atoms with Crippen LogP contribution in [0.3, 0.4) is 0 Å². The minimum Gasteiger partial charge on any atom is -0.494 e. The highest BCUT2D eigenvalue weighted by Gasteiger charge is 2.15. The van der Waals surface area contributed by atoms with E-state index in [1.165, 1.54) is 0 Å². The number of aromatic nitrogens is 2. The fourth-order valence-corrected chi connectivity index (χ4v) is 2.68. The first kappa shape index (κ1) is 12.1. The number of fused-ring (bicyclic) bond motifs is 1. The number of nitrogen functional groups attached to an aromatic ring is 1. The third kappa shape index (κ3) is 2.07. The second-order valence-electron chi connectivity index (χ2n) is 3.97. The Hall–Kier alpha value is -1.36. The number of benzene rings is 1. The molecule has 0 fully saturated rings. The van der Waals surface area contributed by atoms with Gasteiger partial charge in [-0.1, -0.05) is 6.07 Å². The Labute approximate surface area is 105 Å². The lowest BCUT2D eigenvalue weighted by Crippen LogP contribution is -2.10. The molecule has 1 atom stereocenters. The maximum absolute atomic E-state index is 6.00. The summed E-state index contributed by atoms with van der Waals surface area (Å²) in [5.41, 5.74) is 7.86. The molecule has 17 heavy (non-hydrogen) atoms. The molecule has 0 aliphatic rings. The molecular formula is C12H17N3OS. The number of hydrogen-bond acceptors (Lipinski definition) is 4. The van der Waals surface area contributed by atoms with Crippen LogP contribution >= 0.6 is 11.8 Å². The Kier molecular flexibility index (Phi) is 3.47. The van der Waals surface area contributed by atoms with Gasteiger partial charge in [0.15, 0.2) is 0 Å². The predicted molar refractivity (Wildman–Crippen MR) is 73.8 cm³/mol. The van der Waals surface area contributed by atoms with Crippen molar-refractivity contribution >= 4 is 28.7 Å². The van der Waals surface area contributed by atoms with E-state index in [-0.39, 0.29) is 0 Å². The number of nitrogens with two attached hydrogens (primary N) is 1. The molecule has 0 spiro atoms. The van der Waals surface area contributed by atoms with Crippen LogP contribution in [0.2, 0.25) is 0 Å². The highest BCUT2D eigenvalue weighted by molar-refractivity contribution is 7.98. The SMILES string of the molecule is COc1cccc2c1nc(N)n2C(C)CSC. The van der Waals surface area contributed by atoms with Crippen molar-refractivity contribution in [2.75, 3.05) is 24.9 Å². The monoisotopic (exact) mass is 251 g/mol. The quantitative estimate of drug-likeness (QED) is 0.907. The summed E-state index contributed by atoms with van der Waals surface area (Å²) in [4.78, 5) is 4.39. The highest BCUT2D eigenvalue weighted by atomic mass is 32.2. The zero-order chi connectivity index (χ0) is 12.4. The van der Waals surface area contributed by atoms with Crippen molar-refractivity contribution in [2.24, 2.45) is 0 Å². The molecule has 1 aromatic heterocycles. The smallest absolute Gasteiger partial charge is 0.201 e. The lowest BCUT2D eigenvalue weighted by Gasteiger charge is -2.14. The number of thioether (sulfide) groups is 1. The lowest BCUT2D eigenvalue weighted by atomic mass is 10.2. The lowest BCUT2D eigenvalue weighted by molar-refractivity contribution is 0.419. The molecule has 1 heterocycles. The second-order valence-corrected chi connectivity index (χ2v) is 4.88. The maximum Gasteiger partial charge on any atom is 0.201 e. The zero-order valence-corrected chi connectivity index (χ0v) is 11.1. The third-order valence-electron chi connectivity index (χ3n) is 2.78. The molecule has 0 radical (unpaired) electrons. The third-order valence-corrected chi connectivity index (χ3v) is 3.59. The molecule has 0 saturated carbocycles. The van der Waals surface area contributed by atoms with Gasteiger partial charge in [0.05, 0.1) is 12.6 Å². The zero-order valence-electron chi connectivity index (χ0n) is 10.3. The Morgan fingerprint density at radius 3 is 2.94 bits per heavy atom. The minimum atomic E-state index is 0.321. The van der Waals surface area contributed by atoms with Crippen molar-refractivity contribution in [3.63, 3.8) is 0 Å². The van der Waals surface area contributed by atoms with Crippen molar-refractivity contribution < 1.29 is 4.74 Å². The standard InChI is InChI=1S/C12H17N3OS/c1-8(7-17-3)15-9-5-4-6-10(16-2)11(9)14-12(15)13/h4-6,8H,7H2,1-3H3,(H2,13,14). The molecule has 0 bridgehead atoms. The van der Waals surface area contributed by atoms with Crippen LogP contribution in [0.25, 0.3) is 11.0 Å². The topological polar surface area (TPSA) is 53.1 Å². The van der Waals surface area contributed by atoms with Gasteiger partial charge in [0, 0.05) is 11.8 Å². The molecule has 0 aliphatic carbocycles. The molecule has 0 aliphatic heterocycles. The fourth-order valence-electron chi connectivity index (χ4n) is 2.05. The van der Waals surface area contributed by atoms with Crippen molar-refractivity contribution in [2.45, 2.75) is 13.0 Å². The summed E-state index contributed by atoms with van der Waals surface area (Å²) in [6.07, 6.45) is 2.09. The summed E-state index contributed by atoms with van der Waals surface area (Å²) in [7, 11) is 1.65. The van der Waals surface area contributed by atoms with Crippen molar-refractivity contribution in [3.8, 4) is 5.75 Å². The number of nitrogens with zero attached hydrogens (tertiary/aromatic N) is 2. The van der Waals surface area contributed by atoms with Gasteiger partial charge in [-0.25, -0.2) is 4.98 Å². The summed E-state index contributed by atoms with van der Waals surface area (Å²) in [5, 5.41) is 0. The normalized spacial score (nSPS) is 12.9. The maximum atomic E-state index is 6.00. The highest BCUT2D eigenvalue weighted by Crippen LogP contribution is 2.30. The van der Waals surface area contributed by atoms with Gasteiger partial charge in [0.1, 0.15) is 11.3 Å². The first-order valence-corrected chi connectivity index (χ1v) is 6.87. The summed E-state index contributed by atoms with van der Waals surface area (Å²) in [6.45, 7) is 2.15. The summed E-state index contributed by atoms with van der Waals surface area (Å²) < 4.78 is 7.36. The number of hydrogen-bond donors (Lipinski definition) is 1. The van der Waals surface area contributed by atoms with Gasteiger partial charge in [0.2, 0.25) is 5.95 Å². The van der Waals surface area contributed by atoms with E-state index in [0.717, 1.165) is 22.5 Å². The van der Waals surface area contributed by atoms with E-state index >= 15 is 0 Å². The predicted octanol–water partition coefficient (Wildman–Crippen LogP) is 2.55. The number of methoxy groups -OCH3 is 1. The van der Waals surface area contributed by atoms with Gasteiger partial charge < -0.3 is 15.0 Å². The van der Waals surface area contributed by atoms with Gasteiger partial charge in [-0.15, -0.1) is 0 Å². The molecule has 0 saturated heterocycles. The van der Waals surface area contributed by atoms with E-state index in [2.05, 4.69) is 22.7 Å². The molecule has 2 N–H and O–H groups in total. The fraction of sp³-hybridized carbons (Fsp3) is 0.417. The summed E-state index contributed by atoms with van der Waals surface area (Å²) in [5.74, 6) is 2.32. The van der Waals surface area contributed by atoms with Crippen LogP contribution in [-0.2, 0) is 0 Å². The largest absolute Gasteiger partial charge is 0.494 e. The number of anilines is 1. The van der Waals surface area contributed by atoms with Crippen molar-refractivity contribution in [1.29, 1.82) is 0 Å². The van der Waals surface area contributed by atoms with Crippen LogP contribution in [-0.4, -0.2) is 28.7 Å². The van der Waals surface area contributed by atoms with Crippen LogP contribution in [0, 0.1) is 0 Å². The molecule has 4 nitrogen and oxygen atoms in total. The molecule has 1 unspecified atom stereocenters. The van der Waals surface area contributed by atoms with Gasteiger partial charge in [-0.3, -0.25) is 0 Å². The van der Waals surface area contributed by atoms with Crippen LogP contribution in [0.1, 0.15) is 13.0 Å². The molecule has 92 valence electrons. The van der Waals surface area contributed by atoms with Crippen LogP contribution < -0.4 is 10.5 Å². The number of para-hydroxylation sites is 1. The number of imidazole rings is 1. The molecule has 0 amide bonds. The first-order chi connectivity index (χ1) is 8.19. The van der Waals surface area contributed by atoms with Gasteiger partial charge >= 0.3 is 0 Å². The molecular weight excluding hydrogens is 234 g/mol. The number of ether oxygens (including phenoxy) is 1. The Bertz CT molecular complexity index is 524. The Morgan fingerprint density at radius 2 is 2.29 bits per heavy atom. The van der Waals surface area contributed by atoms with Crippen molar-refractivity contribution in [1.82, 2.24) is 9.55 Å². The summed E-state index contributed by atoms with van der Waals surface area (Å²) >= 11 is 1.80. The van der Waals surface area contributed by atoms with E-state index < -0.39 is 0 Å². The van der Waals surface area contributed by atoms with Crippen LogP contribution in [0.4, 0.5) is 5.95 Å². The van der Waals surface area contributed by atoms with Gasteiger partial charge in [-0.2, -0.15) is 11.8 Å². The molecule has 2 rings (SSSR count). The van der Waals surface area contributed by atoms with E-state index in [1.807, 2.05) is 18.2 Å². The van der Waals surface area contributed by atoms with Gasteiger partial charge in [0.25, 0.3) is 0 Å². The minimum absolute atomic E-state index is 0.321. The summed E-state index contributed by atoms with van der Waals surface area (Å²) in [6, 6.07) is 6.21. The Morgan fingerprint density at radius 1 is 1.53 bits per heavy atom. The van der Waals surface area contributed by atoms with Crippen LogP contribution in [0.15, 0.2) is 18.2 Å². The van der Waals surface area contributed by atoms with Crippen molar-refractivity contribution in [3.05, 3.63) is 18.2 Å². The first-order valence-electron chi connectivity index (χ1n) is 5.48. The van der Waals surface area contributed by atoms with E-state index in [9.17, 15) is 0 Å².